The van der Waals surface area contributed by atoms with Gasteiger partial charge in [0.05, 0.1) is 28.4 Å². The van der Waals surface area contributed by atoms with Crippen molar-refractivity contribution in [3.8, 4) is 5.69 Å². The highest BCUT2D eigenvalue weighted by atomic mass is 19.4. The zero-order valence-corrected chi connectivity index (χ0v) is 12.1. The number of halogens is 3. The molecule has 0 aliphatic carbocycles. The van der Waals surface area contributed by atoms with E-state index in [0.29, 0.717) is 17.9 Å². The molecule has 1 aromatic carbocycles. The molecule has 0 aliphatic rings. The lowest BCUT2D eigenvalue weighted by Crippen LogP contribution is -2.26. The maximum Gasteiger partial charge on any atom is 0.417 e. The summed E-state index contributed by atoms with van der Waals surface area (Å²) in [7, 11) is 0. The van der Waals surface area contributed by atoms with Gasteiger partial charge in [-0.1, -0.05) is 13.0 Å². The molecular formula is C16H12F3N3O. The summed E-state index contributed by atoms with van der Waals surface area (Å²) in [5.74, 6) is 0.384. The fourth-order valence-corrected chi connectivity index (χ4v) is 2.50. The highest BCUT2D eigenvalue weighted by Crippen LogP contribution is 2.33. The van der Waals surface area contributed by atoms with Crippen LogP contribution in [0.3, 0.4) is 0 Å². The molecule has 23 heavy (non-hydrogen) atoms. The highest BCUT2D eigenvalue weighted by molar-refractivity contribution is 5.82. The molecule has 118 valence electrons. The molecule has 0 N–H and O–H groups in total. The Morgan fingerprint density at radius 1 is 1.17 bits per heavy atom. The molecule has 0 unspecified atom stereocenters. The summed E-state index contributed by atoms with van der Waals surface area (Å²) in [5, 5.41) is -0.430. The molecule has 0 spiro atoms. The van der Waals surface area contributed by atoms with Gasteiger partial charge in [-0.3, -0.25) is 14.3 Å². The van der Waals surface area contributed by atoms with Crippen molar-refractivity contribution in [1.29, 1.82) is 0 Å². The predicted octanol–water partition coefficient (Wildman–Crippen LogP) is 3.36. The summed E-state index contributed by atoms with van der Waals surface area (Å²) < 4.78 is 40.9. The molecule has 0 fully saturated rings. The Balaban J connectivity index is 2.46. The van der Waals surface area contributed by atoms with Gasteiger partial charge in [0, 0.05) is 12.6 Å². The highest BCUT2D eigenvalue weighted by Gasteiger charge is 2.34. The standard InChI is InChI=1S/C16H12F3N3O/c1-2-13-21-12-7-3-6-11(16(17,18)19)14(12)15(23)22(13)10-5-4-8-20-9-10/h3-9H,2H2,1H3. The summed E-state index contributed by atoms with van der Waals surface area (Å²) in [6, 6.07) is 6.78. The van der Waals surface area contributed by atoms with Crippen LogP contribution >= 0.6 is 0 Å². The van der Waals surface area contributed by atoms with Crippen molar-refractivity contribution in [3.05, 3.63) is 64.5 Å². The van der Waals surface area contributed by atoms with Gasteiger partial charge < -0.3 is 0 Å². The molecule has 0 saturated heterocycles. The Bertz CT molecular complexity index is 917. The maximum absolute atomic E-state index is 13.2. The fourth-order valence-electron chi connectivity index (χ4n) is 2.50. The molecule has 0 bridgehead atoms. The van der Waals surface area contributed by atoms with Crippen LogP contribution in [0.15, 0.2) is 47.5 Å². The van der Waals surface area contributed by atoms with Gasteiger partial charge >= 0.3 is 6.18 Å². The van der Waals surface area contributed by atoms with Crippen molar-refractivity contribution in [2.75, 3.05) is 0 Å². The van der Waals surface area contributed by atoms with E-state index >= 15 is 0 Å². The van der Waals surface area contributed by atoms with E-state index < -0.39 is 22.7 Å². The van der Waals surface area contributed by atoms with E-state index in [-0.39, 0.29) is 5.52 Å². The molecule has 2 heterocycles. The van der Waals surface area contributed by atoms with E-state index in [0.717, 1.165) is 6.07 Å². The third kappa shape index (κ3) is 2.58. The second-order valence-electron chi connectivity index (χ2n) is 4.93. The van der Waals surface area contributed by atoms with E-state index in [1.807, 2.05) is 0 Å². The number of rotatable bonds is 2. The summed E-state index contributed by atoms with van der Waals surface area (Å²) >= 11 is 0. The lowest BCUT2D eigenvalue weighted by Gasteiger charge is -2.15. The van der Waals surface area contributed by atoms with Gasteiger partial charge in [-0.05, 0) is 24.3 Å². The summed E-state index contributed by atoms with van der Waals surface area (Å²) in [5.41, 5.74) is -1.29. The third-order valence-electron chi connectivity index (χ3n) is 3.49. The normalized spacial score (nSPS) is 11.8. The van der Waals surface area contributed by atoms with Gasteiger partial charge in [0.25, 0.3) is 5.56 Å². The Kier molecular flexibility index (Phi) is 3.63. The van der Waals surface area contributed by atoms with Crippen LogP contribution in [-0.4, -0.2) is 14.5 Å². The Morgan fingerprint density at radius 3 is 2.57 bits per heavy atom. The van der Waals surface area contributed by atoms with Crippen molar-refractivity contribution in [2.24, 2.45) is 0 Å². The van der Waals surface area contributed by atoms with Crippen LogP contribution in [-0.2, 0) is 12.6 Å². The van der Waals surface area contributed by atoms with Gasteiger partial charge in [-0.25, -0.2) is 4.98 Å². The molecule has 0 aliphatic heterocycles. The van der Waals surface area contributed by atoms with Crippen molar-refractivity contribution in [1.82, 2.24) is 14.5 Å². The molecule has 0 atom stereocenters. The largest absolute Gasteiger partial charge is 0.417 e. The average molecular weight is 319 g/mol. The first-order valence-electron chi connectivity index (χ1n) is 6.95. The molecule has 3 rings (SSSR count). The Hall–Kier alpha value is -2.70. The lowest BCUT2D eigenvalue weighted by molar-refractivity contribution is -0.136. The summed E-state index contributed by atoms with van der Waals surface area (Å²) in [6.07, 6.45) is -1.28. The molecule has 0 saturated carbocycles. The van der Waals surface area contributed by atoms with Crippen molar-refractivity contribution >= 4 is 10.9 Å². The molecule has 0 amide bonds. The van der Waals surface area contributed by atoms with E-state index in [1.165, 1.54) is 29.1 Å². The Labute approximate surface area is 129 Å². The summed E-state index contributed by atoms with van der Waals surface area (Å²) in [6.45, 7) is 1.79. The van der Waals surface area contributed by atoms with Gasteiger partial charge in [-0.2, -0.15) is 13.2 Å². The van der Waals surface area contributed by atoms with Crippen LogP contribution in [0.1, 0.15) is 18.3 Å². The van der Waals surface area contributed by atoms with Crippen LogP contribution < -0.4 is 5.56 Å². The van der Waals surface area contributed by atoms with Crippen LogP contribution in [0.2, 0.25) is 0 Å². The van der Waals surface area contributed by atoms with Gasteiger partial charge in [0.15, 0.2) is 0 Å². The van der Waals surface area contributed by atoms with Crippen LogP contribution in [0.5, 0.6) is 0 Å². The number of nitrogens with zero attached hydrogens (tertiary/aromatic N) is 3. The monoisotopic (exact) mass is 319 g/mol. The number of pyridine rings is 1. The van der Waals surface area contributed by atoms with E-state index in [1.54, 1.807) is 19.1 Å². The topological polar surface area (TPSA) is 47.8 Å². The number of aryl methyl sites for hydroxylation is 1. The first kappa shape index (κ1) is 15.2. The molecule has 0 radical (unpaired) electrons. The zero-order chi connectivity index (χ0) is 16.6. The van der Waals surface area contributed by atoms with Gasteiger partial charge in [-0.15, -0.1) is 0 Å². The van der Waals surface area contributed by atoms with E-state index in [4.69, 9.17) is 0 Å². The SMILES string of the molecule is CCc1nc2cccc(C(F)(F)F)c2c(=O)n1-c1cccnc1. The van der Waals surface area contributed by atoms with Gasteiger partial charge in [0.2, 0.25) is 0 Å². The number of aromatic nitrogens is 3. The zero-order valence-electron chi connectivity index (χ0n) is 12.1. The van der Waals surface area contributed by atoms with Crippen LogP contribution in [0.25, 0.3) is 16.6 Å². The van der Waals surface area contributed by atoms with Crippen molar-refractivity contribution in [2.45, 2.75) is 19.5 Å². The lowest BCUT2D eigenvalue weighted by atomic mass is 10.1. The number of alkyl halides is 3. The first-order valence-corrected chi connectivity index (χ1v) is 6.95. The molecule has 7 heteroatoms. The molecule has 4 nitrogen and oxygen atoms in total. The van der Waals surface area contributed by atoms with Crippen molar-refractivity contribution < 1.29 is 13.2 Å². The van der Waals surface area contributed by atoms with Crippen molar-refractivity contribution in [3.63, 3.8) is 0 Å². The molecular weight excluding hydrogens is 307 g/mol. The smallest absolute Gasteiger partial charge is 0.268 e. The molecule has 2 aromatic heterocycles. The predicted molar refractivity (Wildman–Crippen MR) is 79.5 cm³/mol. The second kappa shape index (κ2) is 5.49. The quantitative estimate of drug-likeness (QED) is 0.728. The number of hydrogen-bond acceptors (Lipinski definition) is 3. The minimum absolute atomic E-state index is 0.0433. The molecule has 3 aromatic rings. The number of fused-ring (bicyclic) bond motifs is 1. The minimum Gasteiger partial charge on any atom is -0.268 e. The van der Waals surface area contributed by atoms with Crippen LogP contribution in [0.4, 0.5) is 13.2 Å². The summed E-state index contributed by atoms with van der Waals surface area (Å²) in [4.78, 5) is 20.9. The van der Waals surface area contributed by atoms with Gasteiger partial charge in [0.1, 0.15) is 5.82 Å². The van der Waals surface area contributed by atoms with E-state index in [2.05, 4.69) is 9.97 Å². The Morgan fingerprint density at radius 2 is 1.96 bits per heavy atom. The first-order chi connectivity index (χ1) is 10.9. The minimum atomic E-state index is -4.62. The second-order valence-corrected chi connectivity index (χ2v) is 4.93. The number of hydrogen-bond donors (Lipinski definition) is 0. The van der Waals surface area contributed by atoms with E-state index in [9.17, 15) is 18.0 Å². The maximum atomic E-state index is 13.2. The van der Waals surface area contributed by atoms with Crippen LogP contribution in [0, 0.1) is 0 Å². The average Bonchev–Trinajstić information content (AvgIpc) is 2.54. The third-order valence-corrected chi connectivity index (χ3v) is 3.49. The number of benzene rings is 1. The fraction of sp³-hybridized carbons (Fsp3) is 0.188.